The average Bonchev–Trinajstić information content (AvgIpc) is 2.89. The van der Waals surface area contributed by atoms with Gasteiger partial charge in [0.1, 0.15) is 18.7 Å². The molecule has 0 unspecified atom stereocenters. The van der Waals surface area contributed by atoms with Crippen LogP contribution < -0.4 is 0 Å². The lowest BCUT2D eigenvalue weighted by molar-refractivity contribution is -0.136. The second-order valence-electron chi connectivity index (χ2n) is 4.37. The van der Waals surface area contributed by atoms with E-state index in [4.69, 9.17) is 5.11 Å². The zero-order valence-electron chi connectivity index (χ0n) is 11.3. The van der Waals surface area contributed by atoms with E-state index in [1.54, 1.807) is 9.36 Å². The van der Waals surface area contributed by atoms with Gasteiger partial charge in [0.15, 0.2) is 0 Å². The van der Waals surface area contributed by atoms with E-state index in [2.05, 4.69) is 15.2 Å². The van der Waals surface area contributed by atoms with Crippen LogP contribution in [0.4, 0.5) is 0 Å². The van der Waals surface area contributed by atoms with Crippen LogP contribution in [0.1, 0.15) is 29.7 Å². The predicted octanol–water partition coefficient (Wildman–Crippen LogP) is 0.787. The third-order valence-electron chi connectivity index (χ3n) is 3.15. The molecule has 0 fully saturated rings. The van der Waals surface area contributed by atoms with Crippen LogP contribution in [-0.2, 0) is 24.3 Å². The van der Waals surface area contributed by atoms with Crippen LogP contribution in [0.25, 0.3) is 0 Å². The molecule has 0 spiro atoms. The van der Waals surface area contributed by atoms with Crippen LogP contribution in [0.5, 0.6) is 0 Å². The third kappa shape index (κ3) is 2.64. The van der Waals surface area contributed by atoms with Crippen molar-refractivity contribution in [1.29, 1.82) is 0 Å². The average molecular weight is 263 g/mol. The number of carboxylic acids is 1. The SMILES string of the molecule is CCn1ncnc1Cn1nc(C)c(CC(=O)O)c1C. The molecule has 0 radical (unpaired) electrons. The summed E-state index contributed by atoms with van der Waals surface area (Å²) in [5, 5.41) is 17.4. The Morgan fingerprint density at radius 2 is 2.11 bits per heavy atom. The van der Waals surface area contributed by atoms with Gasteiger partial charge in [-0.2, -0.15) is 10.2 Å². The van der Waals surface area contributed by atoms with Crippen molar-refractivity contribution in [2.24, 2.45) is 0 Å². The molecule has 0 aliphatic carbocycles. The highest BCUT2D eigenvalue weighted by Gasteiger charge is 2.15. The topological polar surface area (TPSA) is 85.8 Å². The molecule has 2 aromatic rings. The molecular formula is C12H17N5O2. The Morgan fingerprint density at radius 3 is 2.74 bits per heavy atom. The maximum Gasteiger partial charge on any atom is 0.307 e. The minimum absolute atomic E-state index is 0.00185. The van der Waals surface area contributed by atoms with Crippen LogP contribution in [-0.4, -0.2) is 35.6 Å². The molecule has 0 saturated carbocycles. The van der Waals surface area contributed by atoms with E-state index in [0.29, 0.717) is 6.54 Å². The second kappa shape index (κ2) is 5.21. The monoisotopic (exact) mass is 263 g/mol. The number of carbonyl (C=O) groups is 1. The molecule has 0 aromatic carbocycles. The highest BCUT2D eigenvalue weighted by atomic mass is 16.4. The van der Waals surface area contributed by atoms with Crippen molar-refractivity contribution in [1.82, 2.24) is 24.5 Å². The van der Waals surface area contributed by atoms with Crippen LogP contribution in [0, 0.1) is 13.8 Å². The molecule has 19 heavy (non-hydrogen) atoms. The number of hydrogen-bond acceptors (Lipinski definition) is 4. The summed E-state index contributed by atoms with van der Waals surface area (Å²) in [5.74, 6) is -0.0301. The van der Waals surface area contributed by atoms with E-state index in [0.717, 1.165) is 29.3 Å². The van der Waals surface area contributed by atoms with E-state index in [1.165, 1.54) is 6.33 Å². The summed E-state index contributed by atoms with van der Waals surface area (Å²) in [5.41, 5.74) is 2.39. The molecule has 7 heteroatoms. The first kappa shape index (κ1) is 13.3. The summed E-state index contributed by atoms with van der Waals surface area (Å²) in [4.78, 5) is 15.0. The lowest BCUT2D eigenvalue weighted by atomic mass is 10.1. The van der Waals surface area contributed by atoms with Gasteiger partial charge in [0.05, 0.1) is 12.1 Å². The van der Waals surface area contributed by atoms with Gasteiger partial charge in [-0.1, -0.05) is 0 Å². The molecule has 2 heterocycles. The van der Waals surface area contributed by atoms with Gasteiger partial charge in [0.2, 0.25) is 0 Å². The Hall–Kier alpha value is -2.18. The maximum absolute atomic E-state index is 10.8. The Balaban J connectivity index is 2.29. The van der Waals surface area contributed by atoms with E-state index >= 15 is 0 Å². The van der Waals surface area contributed by atoms with Gasteiger partial charge in [-0.05, 0) is 20.8 Å². The number of aliphatic carboxylic acids is 1. The summed E-state index contributed by atoms with van der Waals surface area (Å²) in [6, 6.07) is 0. The molecule has 0 amide bonds. The molecule has 0 aliphatic rings. The molecule has 2 rings (SSSR count). The van der Waals surface area contributed by atoms with Crippen molar-refractivity contribution in [3.63, 3.8) is 0 Å². The number of aryl methyl sites for hydroxylation is 2. The normalized spacial score (nSPS) is 10.9. The van der Waals surface area contributed by atoms with Crippen molar-refractivity contribution in [2.75, 3.05) is 0 Å². The lowest BCUT2D eigenvalue weighted by Gasteiger charge is -2.05. The smallest absolute Gasteiger partial charge is 0.307 e. The van der Waals surface area contributed by atoms with Gasteiger partial charge in [-0.3, -0.25) is 9.48 Å². The highest BCUT2D eigenvalue weighted by molar-refractivity contribution is 5.70. The molecule has 0 bridgehead atoms. The zero-order chi connectivity index (χ0) is 14.0. The van der Waals surface area contributed by atoms with E-state index in [9.17, 15) is 4.79 Å². The fourth-order valence-electron chi connectivity index (χ4n) is 2.10. The first-order valence-corrected chi connectivity index (χ1v) is 6.14. The molecule has 7 nitrogen and oxygen atoms in total. The van der Waals surface area contributed by atoms with Crippen LogP contribution in [0.15, 0.2) is 6.33 Å². The summed E-state index contributed by atoms with van der Waals surface area (Å²) >= 11 is 0. The summed E-state index contributed by atoms with van der Waals surface area (Å²) in [6.07, 6.45) is 1.51. The van der Waals surface area contributed by atoms with Gasteiger partial charge < -0.3 is 5.11 Å². The van der Waals surface area contributed by atoms with E-state index in [1.807, 2.05) is 20.8 Å². The van der Waals surface area contributed by atoms with Crippen molar-refractivity contribution in [3.8, 4) is 0 Å². The maximum atomic E-state index is 10.8. The predicted molar refractivity (Wildman–Crippen MR) is 67.8 cm³/mol. The van der Waals surface area contributed by atoms with Crippen molar-refractivity contribution >= 4 is 5.97 Å². The zero-order valence-corrected chi connectivity index (χ0v) is 11.3. The number of carboxylic acid groups (broad SMARTS) is 1. The molecule has 102 valence electrons. The molecule has 0 saturated heterocycles. The van der Waals surface area contributed by atoms with Crippen LogP contribution in [0.3, 0.4) is 0 Å². The number of rotatable bonds is 5. The van der Waals surface area contributed by atoms with Gasteiger partial charge in [0.25, 0.3) is 0 Å². The minimum atomic E-state index is -0.845. The first-order valence-electron chi connectivity index (χ1n) is 6.14. The molecule has 2 aromatic heterocycles. The molecular weight excluding hydrogens is 246 g/mol. The second-order valence-corrected chi connectivity index (χ2v) is 4.37. The van der Waals surface area contributed by atoms with E-state index in [-0.39, 0.29) is 6.42 Å². The Morgan fingerprint density at radius 1 is 1.37 bits per heavy atom. The van der Waals surface area contributed by atoms with Gasteiger partial charge >= 0.3 is 5.97 Å². The Labute approximate surface area is 110 Å². The largest absolute Gasteiger partial charge is 0.481 e. The number of hydrogen-bond donors (Lipinski definition) is 1. The number of aromatic nitrogens is 5. The van der Waals surface area contributed by atoms with Crippen molar-refractivity contribution in [3.05, 3.63) is 29.1 Å². The third-order valence-corrected chi connectivity index (χ3v) is 3.15. The lowest BCUT2D eigenvalue weighted by Crippen LogP contribution is -2.11. The van der Waals surface area contributed by atoms with Crippen LogP contribution in [0.2, 0.25) is 0 Å². The van der Waals surface area contributed by atoms with E-state index < -0.39 is 5.97 Å². The first-order chi connectivity index (χ1) is 9.02. The Kier molecular flexibility index (Phi) is 3.64. The van der Waals surface area contributed by atoms with Crippen molar-refractivity contribution in [2.45, 2.75) is 40.3 Å². The molecule has 0 atom stereocenters. The fraction of sp³-hybridized carbons (Fsp3) is 0.500. The summed E-state index contributed by atoms with van der Waals surface area (Å²) in [7, 11) is 0. The van der Waals surface area contributed by atoms with Gasteiger partial charge in [0, 0.05) is 17.8 Å². The molecule has 0 aliphatic heterocycles. The standard InChI is InChI=1S/C12H17N5O2/c1-4-16-11(13-7-14-16)6-17-9(3)10(5-12(18)19)8(2)15-17/h7H,4-6H2,1-3H3,(H,18,19). The number of nitrogens with zero attached hydrogens (tertiary/aromatic N) is 5. The quantitative estimate of drug-likeness (QED) is 0.861. The minimum Gasteiger partial charge on any atom is -0.481 e. The highest BCUT2D eigenvalue weighted by Crippen LogP contribution is 2.14. The molecule has 1 N–H and O–H groups in total. The summed E-state index contributed by atoms with van der Waals surface area (Å²) in [6.45, 7) is 6.95. The van der Waals surface area contributed by atoms with Gasteiger partial charge in [-0.25, -0.2) is 9.67 Å². The van der Waals surface area contributed by atoms with Crippen LogP contribution >= 0.6 is 0 Å². The van der Waals surface area contributed by atoms with Crippen molar-refractivity contribution < 1.29 is 9.90 Å². The summed E-state index contributed by atoms with van der Waals surface area (Å²) < 4.78 is 3.58. The Bertz CT molecular complexity index is 599. The van der Waals surface area contributed by atoms with Gasteiger partial charge in [-0.15, -0.1) is 0 Å². The fourth-order valence-corrected chi connectivity index (χ4v) is 2.10.